The number of hydrogen-bond acceptors (Lipinski definition) is 1. The fraction of sp³-hybridized carbons (Fsp3) is 0.571. The second-order valence-electron chi connectivity index (χ2n) is 4.77. The molecule has 1 aliphatic heterocycles. The normalized spacial score (nSPS) is 20.6. The van der Waals surface area contributed by atoms with Crippen molar-refractivity contribution < 1.29 is 0 Å². The lowest BCUT2D eigenvalue weighted by Crippen LogP contribution is -2.35. The number of alkyl halides is 1. The van der Waals surface area contributed by atoms with Crippen molar-refractivity contribution in [1.29, 1.82) is 0 Å². The number of halogens is 2. The van der Waals surface area contributed by atoms with Crippen molar-refractivity contribution in [1.82, 2.24) is 0 Å². The summed E-state index contributed by atoms with van der Waals surface area (Å²) in [5, 5.41) is 1.70. The molecule has 1 unspecified atom stereocenters. The number of nitrogens with zero attached hydrogens (tertiary/aromatic N) is 1. The minimum atomic E-state index is 0.823. The molecule has 1 heterocycles. The Morgan fingerprint density at radius 3 is 2.94 bits per heavy atom. The van der Waals surface area contributed by atoms with Crippen LogP contribution in [0.4, 0.5) is 5.69 Å². The third kappa shape index (κ3) is 3.17. The van der Waals surface area contributed by atoms with E-state index in [2.05, 4.69) is 46.0 Å². The van der Waals surface area contributed by atoms with Gasteiger partial charge < -0.3 is 4.90 Å². The lowest BCUT2D eigenvalue weighted by molar-refractivity contribution is 0.405. The molecule has 1 aromatic carbocycles. The molecule has 1 aromatic rings. The van der Waals surface area contributed by atoms with Gasteiger partial charge in [-0.25, -0.2) is 0 Å². The predicted octanol–water partition coefficient (Wildman–Crippen LogP) is 4.86. The molecule has 0 radical (unpaired) electrons. The Balaban J connectivity index is 2.13. The SMILES string of the molecule is CCC1CCCN(c2ccc(CBr)c(Cl)c2)C1. The van der Waals surface area contributed by atoms with E-state index in [-0.39, 0.29) is 0 Å². The van der Waals surface area contributed by atoms with Gasteiger partial charge in [0.25, 0.3) is 0 Å². The zero-order valence-corrected chi connectivity index (χ0v) is 12.6. The quantitative estimate of drug-likeness (QED) is 0.720. The number of piperidine rings is 1. The largest absolute Gasteiger partial charge is 0.371 e. The van der Waals surface area contributed by atoms with Gasteiger partial charge in [-0.15, -0.1) is 0 Å². The van der Waals surface area contributed by atoms with Crippen LogP contribution in [0.25, 0.3) is 0 Å². The Bertz CT molecular complexity index is 380. The second-order valence-corrected chi connectivity index (χ2v) is 5.74. The Morgan fingerprint density at radius 2 is 2.29 bits per heavy atom. The summed E-state index contributed by atoms with van der Waals surface area (Å²) in [6.45, 7) is 4.63. The summed E-state index contributed by atoms with van der Waals surface area (Å²) in [6, 6.07) is 6.43. The Kier molecular flexibility index (Phi) is 4.75. The van der Waals surface area contributed by atoms with Crippen molar-refractivity contribution in [2.45, 2.75) is 31.5 Å². The summed E-state index contributed by atoms with van der Waals surface area (Å²) in [5.74, 6) is 0.846. The molecule has 2 rings (SSSR count). The molecular formula is C14H19BrClN. The molecule has 1 fully saturated rings. The van der Waals surface area contributed by atoms with E-state index in [4.69, 9.17) is 11.6 Å². The third-order valence-corrected chi connectivity index (χ3v) is 4.60. The molecule has 1 aliphatic rings. The number of anilines is 1. The van der Waals surface area contributed by atoms with Gasteiger partial charge in [-0.05, 0) is 36.5 Å². The van der Waals surface area contributed by atoms with Gasteiger partial charge in [0.15, 0.2) is 0 Å². The molecule has 0 aliphatic carbocycles. The van der Waals surface area contributed by atoms with Crippen LogP contribution < -0.4 is 4.90 Å². The van der Waals surface area contributed by atoms with Crippen molar-refractivity contribution in [3.63, 3.8) is 0 Å². The monoisotopic (exact) mass is 315 g/mol. The van der Waals surface area contributed by atoms with Crippen molar-refractivity contribution in [3.05, 3.63) is 28.8 Å². The first kappa shape index (κ1) is 13.2. The average Bonchev–Trinajstić information content (AvgIpc) is 2.38. The summed E-state index contributed by atoms with van der Waals surface area (Å²) in [5.41, 5.74) is 2.44. The zero-order valence-electron chi connectivity index (χ0n) is 10.3. The number of benzene rings is 1. The molecule has 1 saturated heterocycles. The van der Waals surface area contributed by atoms with Gasteiger partial charge >= 0.3 is 0 Å². The van der Waals surface area contributed by atoms with Crippen LogP contribution in [0.5, 0.6) is 0 Å². The van der Waals surface area contributed by atoms with Gasteiger partial charge in [-0.2, -0.15) is 0 Å². The van der Waals surface area contributed by atoms with E-state index in [1.54, 1.807) is 0 Å². The zero-order chi connectivity index (χ0) is 12.3. The van der Waals surface area contributed by atoms with E-state index in [0.29, 0.717) is 0 Å². The summed E-state index contributed by atoms with van der Waals surface area (Å²) in [4.78, 5) is 2.47. The number of hydrogen-bond donors (Lipinski definition) is 0. The van der Waals surface area contributed by atoms with Crippen molar-refractivity contribution in [3.8, 4) is 0 Å². The lowest BCUT2D eigenvalue weighted by atomic mass is 9.95. The standard InChI is InChI=1S/C14H19BrClN/c1-2-11-4-3-7-17(10-11)13-6-5-12(9-15)14(16)8-13/h5-6,8,11H,2-4,7,9-10H2,1H3. The minimum Gasteiger partial charge on any atom is -0.371 e. The van der Waals surface area contributed by atoms with Crippen LogP contribution in [0.15, 0.2) is 18.2 Å². The van der Waals surface area contributed by atoms with E-state index < -0.39 is 0 Å². The smallest absolute Gasteiger partial charge is 0.0467 e. The first-order valence-electron chi connectivity index (χ1n) is 6.34. The molecule has 0 aromatic heterocycles. The molecule has 1 nitrogen and oxygen atoms in total. The molecule has 17 heavy (non-hydrogen) atoms. The van der Waals surface area contributed by atoms with Crippen molar-refractivity contribution in [2.24, 2.45) is 5.92 Å². The molecule has 0 spiro atoms. The predicted molar refractivity (Wildman–Crippen MR) is 79.3 cm³/mol. The maximum atomic E-state index is 6.26. The number of rotatable bonds is 3. The fourth-order valence-corrected chi connectivity index (χ4v) is 3.37. The van der Waals surface area contributed by atoms with Gasteiger partial charge in [0.2, 0.25) is 0 Å². The Morgan fingerprint density at radius 1 is 1.47 bits per heavy atom. The van der Waals surface area contributed by atoms with Crippen LogP contribution in [0.1, 0.15) is 31.7 Å². The van der Waals surface area contributed by atoms with Gasteiger partial charge in [0.05, 0.1) is 0 Å². The van der Waals surface area contributed by atoms with E-state index in [1.807, 2.05) is 0 Å². The average molecular weight is 317 g/mol. The highest BCUT2D eigenvalue weighted by Crippen LogP contribution is 2.29. The van der Waals surface area contributed by atoms with Crippen molar-refractivity contribution in [2.75, 3.05) is 18.0 Å². The molecule has 0 bridgehead atoms. The van der Waals surface area contributed by atoms with Crippen LogP contribution in [-0.4, -0.2) is 13.1 Å². The Hall–Kier alpha value is -0.210. The van der Waals surface area contributed by atoms with Gasteiger partial charge in [0.1, 0.15) is 0 Å². The van der Waals surface area contributed by atoms with E-state index in [9.17, 15) is 0 Å². The Labute approximate surface area is 117 Å². The van der Waals surface area contributed by atoms with Gasteiger partial charge in [-0.1, -0.05) is 46.9 Å². The highest BCUT2D eigenvalue weighted by atomic mass is 79.9. The van der Waals surface area contributed by atoms with Gasteiger partial charge in [-0.3, -0.25) is 0 Å². The van der Waals surface area contributed by atoms with Crippen LogP contribution >= 0.6 is 27.5 Å². The summed E-state index contributed by atoms with van der Waals surface area (Å²) < 4.78 is 0. The van der Waals surface area contributed by atoms with E-state index >= 15 is 0 Å². The highest BCUT2D eigenvalue weighted by molar-refractivity contribution is 9.08. The van der Waals surface area contributed by atoms with Crippen LogP contribution in [-0.2, 0) is 5.33 Å². The molecule has 0 N–H and O–H groups in total. The topological polar surface area (TPSA) is 3.24 Å². The first-order chi connectivity index (χ1) is 8.24. The molecule has 3 heteroatoms. The molecule has 1 atom stereocenters. The minimum absolute atomic E-state index is 0.823. The highest BCUT2D eigenvalue weighted by Gasteiger charge is 2.19. The van der Waals surface area contributed by atoms with Crippen LogP contribution in [0, 0.1) is 5.92 Å². The summed E-state index contributed by atoms with van der Waals surface area (Å²) in [7, 11) is 0. The lowest BCUT2D eigenvalue weighted by Gasteiger charge is -2.34. The van der Waals surface area contributed by atoms with E-state index in [0.717, 1.165) is 16.3 Å². The molecule has 0 saturated carbocycles. The molecular weight excluding hydrogens is 298 g/mol. The molecule has 0 amide bonds. The molecule has 94 valence electrons. The first-order valence-corrected chi connectivity index (χ1v) is 7.84. The van der Waals surface area contributed by atoms with Crippen LogP contribution in [0.2, 0.25) is 5.02 Å². The summed E-state index contributed by atoms with van der Waals surface area (Å²) in [6.07, 6.45) is 3.96. The maximum absolute atomic E-state index is 6.26. The summed E-state index contributed by atoms with van der Waals surface area (Å²) >= 11 is 9.71. The third-order valence-electron chi connectivity index (χ3n) is 3.64. The van der Waals surface area contributed by atoms with E-state index in [1.165, 1.54) is 43.6 Å². The second kappa shape index (κ2) is 6.10. The van der Waals surface area contributed by atoms with Crippen molar-refractivity contribution >= 4 is 33.2 Å². The van der Waals surface area contributed by atoms with Gasteiger partial charge in [0, 0.05) is 29.1 Å². The fourth-order valence-electron chi connectivity index (χ4n) is 2.47. The van der Waals surface area contributed by atoms with Crippen LogP contribution in [0.3, 0.4) is 0 Å². The maximum Gasteiger partial charge on any atom is 0.0467 e.